The second-order valence-corrected chi connectivity index (χ2v) is 4.75. The minimum atomic E-state index is 0.555. The van der Waals surface area contributed by atoms with Crippen molar-refractivity contribution in [3.8, 4) is 0 Å². The first kappa shape index (κ1) is 11.4. The van der Waals surface area contributed by atoms with Gasteiger partial charge in [-0.05, 0) is 24.6 Å². The number of hydrogen-bond acceptors (Lipinski definition) is 1. The summed E-state index contributed by atoms with van der Waals surface area (Å²) < 4.78 is 0. The van der Waals surface area contributed by atoms with E-state index in [4.69, 9.17) is 0 Å². The van der Waals surface area contributed by atoms with Crippen LogP contribution in [-0.4, -0.2) is 25.0 Å². The van der Waals surface area contributed by atoms with Gasteiger partial charge in [0.25, 0.3) is 0 Å². The molecule has 0 bridgehead atoms. The van der Waals surface area contributed by atoms with Crippen LogP contribution in [0.2, 0.25) is 0 Å². The molecule has 1 heterocycles. The molecule has 0 unspecified atom stereocenters. The first-order chi connectivity index (χ1) is 7.77. The number of hydrogen-bond donors (Lipinski definition) is 0. The maximum Gasteiger partial charge on any atom is 0.0182 e. The predicted molar refractivity (Wildman–Crippen MR) is 70.3 cm³/mol. The fraction of sp³-hybridized carbons (Fsp3) is 0.467. The van der Waals surface area contributed by atoms with Crippen molar-refractivity contribution < 1.29 is 0 Å². The van der Waals surface area contributed by atoms with Crippen molar-refractivity contribution in [1.29, 1.82) is 0 Å². The molecule has 0 saturated carbocycles. The summed E-state index contributed by atoms with van der Waals surface area (Å²) in [5.74, 6) is 0. The van der Waals surface area contributed by atoms with Gasteiger partial charge < -0.3 is 4.90 Å². The van der Waals surface area contributed by atoms with E-state index in [9.17, 15) is 0 Å². The van der Waals surface area contributed by atoms with Crippen molar-refractivity contribution in [2.45, 2.75) is 20.3 Å². The van der Waals surface area contributed by atoms with Crippen molar-refractivity contribution in [2.75, 3.05) is 20.1 Å². The zero-order valence-electron chi connectivity index (χ0n) is 10.5. The van der Waals surface area contributed by atoms with Crippen LogP contribution in [0.3, 0.4) is 0 Å². The summed E-state index contributed by atoms with van der Waals surface area (Å²) in [7, 11) is 2.19. The van der Waals surface area contributed by atoms with E-state index in [1.807, 2.05) is 13.8 Å². The van der Waals surface area contributed by atoms with Crippen molar-refractivity contribution >= 4 is 5.57 Å². The number of allylic oxidation sites excluding steroid dienone is 1. The molecule has 1 heteroatoms. The van der Waals surface area contributed by atoms with Gasteiger partial charge in [0.05, 0.1) is 0 Å². The summed E-state index contributed by atoms with van der Waals surface area (Å²) in [4.78, 5) is 2.39. The summed E-state index contributed by atoms with van der Waals surface area (Å²) in [6.45, 7) is 6.51. The van der Waals surface area contributed by atoms with Gasteiger partial charge in [-0.25, -0.2) is 0 Å². The fourth-order valence-corrected chi connectivity index (χ4v) is 2.79. The molecule has 1 fully saturated rings. The molecular weight excluding hydrogens is 194 g/mol. The van der Waals surface area contributed by atoms with Crippen LogP contribution in [0.1, 0.15) is 25.8 Å². The molecule has 2 aliphatic rings. The van der Waals surface area contributed by atoms with Crippen LogP contribution in [0.4, 0.5) is 0 Å². The van der Waals surface area contributed by atoms with Gasteiger partial charge in [-0.3, -0.25) is 0 Å². The highest BCUT2D eigenvalue weighted by molar-refractivity contribution is 5.73. The molecule has 1 aromatic carbocycles. The smallest absolute Gasteiger partial charge is 0.0182 e. The highest BCUT2D eigenvalue weighted by Gasteiger charge is 2.45. The van der Waals surface area contributed by atoms with E-state index in [0.29, 0.717) is 5.41 Å². The number of nitrogens with zero attached hydrogens (tertiary/aromatic N) is 1. The lowest BCUT2D eigenvalue weighted by atomic mass is 9.64. The molecule has 0 atom stereocenters. The Balaban J connectivity index is 0.000000457. The van der Waals surface area contributed by atoms with Crippen molar-refractivity contribution in [3.05, 3.63) is 42.0 Å². The number of rotatable bonds is 1. The third-order valence-electron chi connectivity index (χ3n) is 3.34. The fourth-order valence-electron chi connectivity index (χ4n) is 2.79. The lowest BCUT2D eigenvalue weighted by molar-refractivity contribution is 0.0589. The number of likely N-dealkylation sites (tertiary alicyclic amines) is 1. The molecule has 3 rings (SSSR count). The molecule has 0 radical (unpaired) electrons. The Morgan fingerprint density at radius 1 is 1.06 bits per heavy atom. The molecule has 0 aromatic heterocycles. The summed E-state index contributed by atoms with van der Waals surface area (Å²) in [5, 5.41) is 0. The second-order valence-electron chi connectivity index (χ2n) is 4.75. The van der Waals surface area contributed by atoms with Crippen LogP contribution in [-0.2, 0) is 0 Å². The van der Waals surface area contributed by atoms with Gasteiger partial charge in [0.1, 0.15) is 0 Å². The first-order valence-corrected chi connectivity index (χ1v) is 6.23. The van der Waals surface area contributed by atoms with E-state index in [1.165, 1.54) is 25.1 Å². The Morgan fingerprint density at radius 3 is 2.12 bits per heavy atom. The first-order valence-electron chi connectivity index (χ1n) is 6.23. The van der Waals surface area contributed by atoms with Crippen LogP contribution >= 0.6 is 0 Å². The molecular formula is C15H21N. The molecule has 86 valence electrons. The molecule has 1 aromatic rings. The Hall–Kier alpha value is -1.08. The summed E-state index contributed by atoms with van der Waals surface area (Å²) in [5.41, 5.74) is 3.51. The van der Waals surface area contributed by atoms with Crippen molar-refractivity contribution in [3.63, 3.8) is 0 Å². The van der Waals surface area contributed by atoms with Crippen LogP contribution in [0.25, 0.3) is 5.57 Å². The molecule has 0 N–H and O–H groups in total. The highest BCUT2D eigenvalue weighted by Crippen LogP contribution is 2.49. The molecule has 16 heavy (non-hydrogen) atoms. The van der Waals surface area contributed by atoms with Gasteiger partial charge in [0.2, 0.25) is 0 Å². The van der Waals surface area contributed by atoms with Gasteiger partial charge in [-0.2, -0.15) is 0 Å². The van der Waals surface area contributed by atoms with E-state index in [0.717, 1.165) is 0 Å². The molecule has 1 saturated heterocycles. The van der Waals surface area contributed by atoms with Crippen LogP contribution < -0.4 is 0 Å². The zero-order valence-corrected chi connectivity index (χ0v) is 10.5. The van der Waals surface area contributed by atoms with Crippen LogP contribution in [0.15, 0.2) is 36.4 Å². The summed E-state index contributed by atoms with van der Waals surface area (Å²) in [6.07, 6.45) is 3.75. The maximum absolute atomic E-state index is 2.47. The van der Waals surface area contributed by atoms with E-state index in [-0.39, 0.29) is 0 Å². The minimum Gasteiger partial charge on any atom is -0.305 e. The van der Waals surface area contributed by atoms with Crippen LogP contribution in [0, 0.1) is 5.41 Å². The van der Waals surface area contributed by atoms with Crippen LogP contribution in [0.5, 0.6) is 0 Å². The molecule has 1 aliphatic heterocycles. The second kappa shape index (κ2) is 4.42. The lowest BCUT2D eigenvalue weighted by Gasteiger charge is -2.52. The average Bonchev–Trinajstić information content (AvgIpc) is 2.25. The third kappa shape index (κ3) is 1.92. The standard InChI is InChI=1S/C13H15N.C2H6/c1-14-9-13(10-14)7-12(8-13)11-5-3-2-4-6-11;1-2/h2-7H,8-10H2,1H3;1-2H3. The van der Waals surface area contributed by atoms with E-state index < -0.39 is 0 Å². The summed E-state index contributed by atoms with van der Waals surface area (Å²) >= 11 is 0. The highest BCUT2D eigenvalue weighted by atomic mass is 15.2. The number of benzene rings is 1. The predicted octanol–water partition coefficient (Wildman–Crippen LogP) is 3.43. The third-order valence-corrected chi connectivity index (χ3v) is 3.34. The van der Waals surface area contributed by atoms with E-state index in [1.54, 1.807) is 5.57 Å². The van der Waals surface area contributed by atoms with E-state index in [2.05, 4.69) is 48.4 Å². The SMILES string of the molecule is CC.CN1CC2(C=C(c3ccccc3)C2)C1. The normalized spacial score (nSPS) is 21.3. The molecule has 0 amide bonds. The van der Waals surface area contributed by atoms with Gasteiger partial charge in [0, 0.05) is 18.5 Å². The summed E-state index contributed by atoms with van der Waals surface area (Å²) in [6, 6.07) is 10.7. The van der Waals surface area contributed by atoms with Gasteiger partial charge >= 0.3 is 0 Å². The maximum atomic E-state index is 2.47. The van der Waals surface area contributed by atoms with Gasteiger partial charge in [-0.15, -0.1) is 0 Å². The monoisotopic (exact) mass is 215 g/mol. The van der Waals surface area contributed by atoms with Gasteiger partial charge in [-0.1, -0.05) is 50.3 Å². The van der Waals surface area contributed by atoms with Crippen molar-refractivity contribution in [1.82, 2.24) is 4.90 Å². The minimum absolute atomic E-state index is 0.555. The van der Waals surface area contributed by atoms with Crippen molar-refractivity contribution in [2.24, 2.45) is 5.41 Å². The zero-order chi connectivity index (χ0) is 11.6. The molecule has 1 spiro atoms. The van der Waals surface area contributed by atoms with Gasteiger partial charge in [0.15, 0.2) is 0 Å². The topological polar surface area (TPSA) is 3.24 Å². The lowest BCUT2D eigenvalue weighted by Crippen LogP contribution is -2.56. The Kier molecular flexibility index (Phi) is 3.15. The average molecular weight is 215 g/mol. The Bertz CT molecular complexity index is 372. The molecule has 1 aliphatic carbocycles. The molecule has 1 nitrogen and oxygen atoms in total. The Labute approximate surface area is 98.8 Å². The Morgan fingerprint density at radius 2 is 1.62 bits per heavy atom. The largest absolute Gasteiger partial charge is 0.305 e. The van der Waals surface area contributed by atoms with E-state index >= 15 is 0 Å². The quantitative estimate of drug-likeness (QED) is 0.693.